The second-order valence-corrected chi connectivity index (χ2v) is 5.58. The van der Waals surface area contributed by atoms with E-state index in [0.29, 0.717) is 6.10 Å². The second kappa shape index (κ2) is 5.99. The number of rotatable bonds is 4. The Labute approximate surface area is 92.0 Å². The smallest absolute Gasteiger partial charge is 0.0706 e. The summed E-state index contributed by atoms with van der Waals surface area (Å²) in [5.41, 5.74) is 5.77. The minimum Gasteiger partial charge on any atom is -0.372 e. The lowest BCUT2D eigenvalue weighted by Crippen LogP contribution is -2.37. The highest BCUT2D eigenvalue weighted by Gasteiger charge is 2.31. The summed E-state index contributed by atoms with van der Waals surface area (Å²) in [4.78, 5) is 0. The van der Waals surface area contributed by atoms with Crippen LogP contribution in [0.1, 0.15) is 39.5 Å². The van der Waals surface area contributed by atoms with E-state index in [0.717, 1.165) is 13.0 Å². The molecule has 0 amide bonds. The molecule has 2 N–H and O–H groups in total. The molecule has 0 radical (unpaired) electrons. The molecule has 0 aromatic carbocycles. The van der Waals surface area contributed by atoms with E-state index in [2.05, 4.69) is 25.6 Å². The number of hydrogen-bond acceptors (Lipinski definition) is 3. The lowest BCUT2D eigenvalue weighted by molar-refractivity contribution is -0.0900. The summed E-state index contributed by atoms with van der Waals surface area (Å²) >= 11 is 2.05. The Hall–Kier alpha value is 0.270. The molecule has 1 fully saturated rings. The molecule has 1 saturated heterocycles. The van der Waals surface area contributed by atoms with Crippen molar-refractivity contribution in [1.82, 2.24) is 0 Å². The molecule has 1 heterocycles. The molecule has 1 unspecified atom stereocenters. The highest BCUT2D eigenvalue weighted by molar-refractivity contribution is 7.99. The first-order chi connectivity index (χ1) is 6.68. The number of ether oxygens (including phenoxy) is 1. The fraction of sp³-hybridized carbons (Fsp3) is 1.00. The van der Waals surface area contributed by atoms with Crippen molar-refractivity contribution >= 4 is 11.8 Å². The van der Waals surface area contributed by atoms with Crippen molar-refractivity contribution in [3.63, 3.8) is 0 Å². The summed E-state index contributed by atoms with van der Waals surface area (Å²) in [6.45, 7) is 4.99. The first-order valence-corrected chi connectivity index (χ1v) is 6.80. The van der Waals surface area contributed by atoms with E-state index in [4.69, 9.17) is 10.5 Å². The topological polar surface area (TPSA) is 35.2 Å². The second-order valence-electron chi connectivity index (χ2n) is 4.35. The van der Waals surface area contributed by atoms with E-state index in [9.17, 15) is 0 Å². The van der Waals surface area contributed by atoms with Gasteiger partial charge < -0.3 is 10.5 Å². The van der Waals surface area contributed by atoms with Gasteiger partial charge in [-0.05, 0) is 57.6 Å². The van der Waals surface area contributed by atoms with Crippen LogP contribution in [0.3, 0.4) is 0 Å². The molecule has 3 heteroatoms. The van der Waals surface area contributed by atoms with E-state index in [1.807, 2.05) is 0 Å². The fourth-order valence-corrected chi connectivity index (χ4v) is 3.24. The molecule has 84 valence electrons. The lowest BCUT2D eigenvalue weighted by atomic mass is 9.90. The summed E-state index contributed by atoms with van der Waals surface area (Å²) in [5.74, 6) is 2.51. The monoisotopic (exact) mass is 217 g/mol. The van der Waals surface area contributed by atoms with Crippen molar-refractivity contribution < 1.29 is 4.74 Å². The predicted molar refractivity (Wildman–Crippen MR) is 63.8 cm³/mol. The van der Waals surface area contributed by atoms with Gasteiger partial charge in [0.05, 0.1) is 11.7 Å². The largest absolute Gasteiger partial charge is 0.372 e. The van der Waals surface area contributed by atoms with Crippen molar-refractivity contribution in [2.75, 3.05) is 18.1 Å². The van der Waals surface area contributed by atoms with Crippen LogP contribution in [0.15, 0.2) is 0 Å². The summed E-state index contributed by atoms with van der Waals surface area (Å²) < 4.78 is 6.11. The molecular weight excluding hydrogens is 194 g/mol. The van der Waals surface area contributed by atoms with E-state index in [1.54, 1.807) is 0 Å². The highest BCUT2D eigenvalue weighted by atomic mass is 32.2. The molecule has 0 aliphatic carbocycles. The van der Waals surface area contributed by atoms with Crippen LogP contribution in [-0.2, 0) is 4.74 Å². The van der Waals surface area contributed by atoms with Gasteiger partial charge in [0.2, 0.25) is 0 Å². The van der Waals surface area contributed by atoms with Crippen LogP contribution in [-0.4, -0.2) is 29.8 Å². The quantitative estimate of drug-likeness (QED) is 0.785. The van der Waals surface area contributed by atoms with Gasteiger partial charge in [0.1, 0.15) is 0 Å². The Morgan fingerprint density at radius 2 is 2.14 bits per heavy atom. The average molecular weight is 217 g/mol. The maximum absolute atomic E-state index is 6.11. The van der Waals surface area contributed by atoms with Gasteiger partial charge in [0.25, 0.3) is 0 Å². The van der Waals surface area contributed by atoms with E-state index < -0.39 is 0 Å². The van der Waals surface area contributed by atoms with Crippen molar-refractivity contribution in [3.8, 4) is 0 Å². The SMILES string of the molecule is CC(C)OC1(CCN)CCCSCC1. The molecule has 0 spiro atoms. The summed E-state index contributed by atoms with van der Waals surface area (Å²) in [6.07, 6.45) is 4.98. The Kier molecular flexibility index (Phi) is 5.28. The zero-order chi connectivity index (χ0) is 10.4. The standard InChI is InChI=1S/C11H23NOS/c1-10(2)13-11(5-7-12)4-3-8-14-9-6-11/h10H,3-9,12H2,1-2H3. The van der Waals surface area contributed by atoms with Gasteiger partial charge >= 0.3 is 0 Å². The van der Waals surface area contributed by atoms with Crippen LogP contribution in [0.25, 0.3) is 0 Å². The van der Waals surface area contributed by atoms with Gasteiger partial charge in [-0.25, -0.2) is 0 Å². The van der Waals surface area contributed by atoms with Gasteiger partial charge in [-0.1, -0.05) is 0 Å². The number of nitrogens with two attached hydrogens (primary N) is 1. The summed E-state index contributed by atoms with van der Waals surface area (Å²) in [5, 5.41) is 0. The van der Waals surface area contributed by atoms with Crippen LogP contribution < -0.4 is 5.73 Å². The van der Waals surface area contributed by atoms with E-state index in [1.165, 1.54) is 30.8 Å². The van der Waals surface area contributed by atoms with Gasteiger partial charge in [-0.15, -0.1) is 0 Å². The zero-order valence-electron chi connectivity index (χ0n) is 9.42. The molecule has 1 aliphatic rings. The molecule has 0 saturated carbocycles. The van der Waals surface area contributed by atoms with E-state index >= 15 is 0 Å². The third-order valence-electron chi connectivity index (χ3n) is 2.71. The molecule has 0 bridgehead atoms. The maximum Gasteiger partial charge on any atom is 0.0706 e. The molecule has 0 aromatic heterocycles. The van der Waals surface area contributed by atoms with Gasteiger partial charge in [0.15, 0.2) is 0 Å². The molecule has 14 heavy (non-hydrogen) atoms. The lowest BCUT2D eigenvalue weighted by Gasteiger charge is -2.34. The first kappa shape index (κ1) is 12.3. The molecule has 0 aromatic rings. The Morgan fingerprint density at radius 3 is 2.79 bits per heavy atom. The molecule has 2 nitrogen and oxygen atoms in total. The fourth-order valence-electron chi connectivity index (χ4n) is 2.17. The summed E-state index contributed by atoms with van der Waals surface area (Å²) in [6, 6.07) is 0. The van der Waals surface area contributed by atoms with Gasteiger partial charge in [-0.2, -0.15) is 11.8 Å². The van der Waals surface area contributed by atoms with Crippen LogP contribution in [0.4, 0.5) is 0 Å². The minimum atomic E-state index is 0.0897. The third-order valence-corrected chi connectivity index (χ3v) is 3.78. The van der Waals surface area contributed by atoms with Crippen LogP contribution >= 0.6 is 11.8 Å². The van der Waals surface area contributed by atoms with Crippen molar-refractivity contribution in [1.29, 1.82) is 0 Å². The van der Waals surface area contributed by atoms with Crippen LogP contribution in [0.2, 0.25) is 0 Å². The van der Waals surface area contributed by atoms with Crippen molar-refractivity contribution in [3.05, 3.63) is 0 Å². The number of thioether (sulfide) groups is 1. The average Bonchev–Trinajstić information content (AvgIpc) is 2.30. The van der Waals surface area contributed by atoms with Gasteiger partial charge in [-0.3, -0.25) is 0 Å². The highest BCUT2D eigenvalue weighted by Crippen LogP contribution is 2.33. The molecule has 1 atom stereocenters. The van der Waals surface area contributed by atoms with Crippen LogP contribution in [0.5, 0.6) is 0 Å². The number of hydrogen-bond donors (Lipinski definition) is 1. The predicted octanol–water partition coefficient (Wildman–Crippen LogP) is 2.42. The van der Waals surface area contributed by atoms with Crippen molar-refractivity contribution in [2.45, 2.75) is 51.2 Å². The molecule has 1 aliphatic heterocycles. The zero-order valence-corrected chi connectivity index (χ0v) is 10.2. The van der Waals surface area contributed by atoms with E-state index in [-0.39, 0.29) is 5.60 Å². The minimum absolute atomic E-state index is 0.0897. The normalized spacial score (nSPS) is 29.1. The Balaban J connectivity index is 2.57. The first-order valence-electron chi connectivity index (χ1n) is 5.64. The molecule has 1 rings (SSSR count). The Bertz CT molecular complexity index is 153. The van der Waals surface area contributed by atoms with Crippen molar-refractivity contribution in [2.24, 2.45) is 5.73 Å². The van der Waals surface area contributed by atoms with Gasteiger partial charge in [0, 0.05) is 0 Å². The summed E-state index contributed by atoms with van der Waals surface area (Å²) in [7, 11) is 0. The Morgan fingerprint density at radius 1 is 1.36 bits per heavy atom. The van der Waals surface area contributed by atoms with Crippen LogP contribution in [0, 0.1) is 0 Å². The third kappa shape index (κ3) is 3.79. The molecular formula is C11H23NOS. The maximum atomic E-state index is 6.11.